The Kier molecular flexibility index (Phi) is 5.17. The van der Waals surface area contributed by atoms with Crippen LogP contribution in [0.5, 0.6) is 0 Å². The van der Waals surface area contributed by atoms with Crippen LogP contribution >= 0.6 is 0 Å². The van der Waals surface area contributed by atoms with Crippen LogP contribution in [0.25, 0.3) is 10.8 Å². The fraction of sp³-hybridized carbons (Fsp3) is 0.500. The minimum Gasteiger partial charge on any atom is -0.326 e. The van der Waals surface area contributed by atoms with E-state index < -0.39 is 0 Å². The van der Waals surface area contributed by atoms with Crippen molar-refractivity contribution in [2.45, 2.75) is 70.1 Å². The summed E-state index contributed by atoms with van der Waals surface area (Å²) >= 11 is 0. The summed E-state index contributed by atoms with van der Waals surface area (Å²) in [5, 5.41) is 19.0. The topological polar surface area (TPSA) is 81.7 Å². The monoisotopic (exact) mass is 378 g/mol. The lowest BCUT2D eigenvalue weighted by atomic mass is 9.89. The summed E-state index contributed by atoms with van der Waals surface area (Å²) in [6.45, 7) is 6.37. The minimum atomic E-state index is -0.204. The van der Waals surface area contributed by atoms with Crippen LogP contribution in [0.3, 0.4) is 0 Å². The van der Waals surface area contributed by atoms with Gasteiger partial charge in [-0.05, 0) is 66.4 Å². The van der Waals surface area contributed by atoms with Crippen molar-refractivity contribution in [1.82, 2.24) is 25.5 Å². The van der Waals surface area contributed by atoms with Crippen molar-refractivity contribution in [1.29, 1.82) is 0 Å². The fourth-order valence-corrected chi connectivity index (χ4v) is 4.14. The Balaban J connectivity index is 1.77. The first-order valence-corrected chi connectivity index (χ1v) is 10.2. The largest absolute Gasteiger partial charge is 0.326 e. The van der Waals surface area contributed by atoms with Gasteiger partial charge in [0.1, 0.15) is 0 Å². The molecule has 0 bridgehead atoms. The summed E-state index contributed by atoms with van der Waals surface area (Å²) in [5.74, 6) is 0.834. The molecule has 1 saturated carbocycles. The highest BCUT2D eigenvalue weighted by Gasteiger charge is 2.31. The number of aromatic nitrogens is 4. The highest BCUT2D eigenvalue weighted by molar-refractivity contribution is 5.83. The number of tetrazole rings is 1. The van der Waals surface area contributed by atoms with E-state index in [9.17, 15) is 0 Å². The number of nitrogens with one attached hydrogen (secondary N) is 1. The molecule has 0 saturated heterocycles. The molecule has 0 radical (unpaired) electrons. The lowest BCUT2D eigenvalue weighted by Gasteiger charge is -2.34. The number of hydrogen-bond acceptors (Lipinski definition) is 5. The van der Waals surface area contributed by atoms with Crippen LogP contribution in [-0.4, -0.2) is 32.3 Å². The van der Waals surface area contributed by atoms with Gasteiger partial charge in [-0.25, -0.2) is 4.68 Å². The van der Waals surface area contributed by atoms with E-state index in [4.69, 9.17) is 5.73 Å². The summed E-state index contributed by atoms with van der Waals surface area (Å²) < 4.78 is 1.92. The maximum atomic E-state index is 6.45. The summed E-state index contributed by atoms with van der Waals surface area (Å²) in [6.07, 6.45) is 4.56. The average molecular weight is 379 g/mol. The van der Waals surface area contributed by atoms with E-state index in [0.29, 0.717) is 0 Å². The highest BCUT2D eigenvalue weighted by Crippen LogP contribution is 2.29. The van der Waals surface area contributed by atoms with Crippen LogP contribution in [0.4, 0.5) is 0 Å². The van der Waals surface area contributed by atoms with Gasteiger partial charge in [-0.2, -0.15) is 0 Å². The van der Waals surface area contributed by atoms with E-state index in [1.807, 2.05) is 4.68 Å². The molecule has 6 nitrogen and oxygen atoms in total. The van der Waals surface area contributed by atoms with Crippen LogP contribution < -0.4 is 11.1 Å². The molecule has 3 atom stereocenters. The van der Waals surface area contributed by atoms with E-state index in [-0.39, 0.29) is 23.7 Å². The average Bonchev–Trinajstić information content (AvgIpc) is 3.17. The Hall–Kier alpha value is -2.31. The third-order valence-electron chi connectivity index (χ3n) is 5.69. The fourth-order valence-electron chi connectivity index (χ4n) is 4.14. The van der Waals surface area contributed by atoms with Crippen molar-refractivity contribution >= 4 is 10.8 Å². The van der Waals surface area contributed by atoms with Crippen molar-refractivity contribution < 1.29 is 0 Å². The summed E-state index contributed by atoms with van der Waals surface area (Å²) in [5.41, 5.74) is 7.41. The number of nitrogens with zero attached hydrogens (tertiary/aromatic N) is 4. The lowest BCUT2D eigenvalue weighted by molar-refractivity contribution is 0.287. The van der Waals surface area contributed by atoms with Crippen LogP contribution in [0.15, 0.2) is 42.5 Å². The number of nitrogens with two attached hydrogens (primary N) is 1. The van der Waals surface area contributed by atoms with Gasteiger partial charge in [-0.1, -0.05) is 49.2 Å². The lowest BCUT2D eigenvalue weighted by Crippen LogP contribution is -2.49. The molecule has 2 aromatic carbocycles. The highest BCUT2D eigenvalue weighted by atomic mass is 15.6. The van der Waals surface area contributed by atoms with Gasteiger partial charge in [0.25, 0.3) is 0 Å². The van der Waals surface area contributed by atoms with Gasteiger partial charge < -0.3 is 5.73 Å². The maximum Gasteiger partial charge on any atom is 0.173 e. The maximum absolute atomic E-state index is 6.45. The molecule has 0 spiro atoms. The summed E-state index contributed by atoms with van der Waals surface area (Å²) in [6, 6.07) is 15.3. The first-order chi connectivity index (χ1) is 13.4. The Bertz CT molecular complexity index is 941. The SMILES string of the molecule is CC(C)(C)n1nnnc1C(NC1CCCCC1N)c1ccc2ccccc2c1. The van der Waals surface area contributed by atoms with Crippen LogP contribution in [-0.2, 0) is 5.54 Å². The first-order valence-electron chi connectivity index (χ1n) is 10.2. The smallest absolute Gasteiger partial charge is 0.173 e. The zero-order valence-electron chi connectivity index (χ0n) is 17.0. The number of fused-ring (bicyclic) bond motifs is 1. The standard InChI is InChI=1S/C22H30N6/c1-22(2,3)28-21(25-26-27-28)20(24-19-11-7-6-10-18(19)23)17-13-12-15-8-4-5-9-16(15)14-17/h4-5,8-9,12-14,18-20,24H,6-7,10-11,23H2,1-3H3. The first kappa shape index (κ1) is 19.0. The second-order valence-electron chi connectivity index (χ2n) is 8.88. The molecule has 0 aliphatic heterocycles. The van der Waals surface area contributed by atoms with E-state index >= 15 is 0 Å². The molecule has 1 fully saturated rings. The van der Waals surface area contributed by atoms with Gasteiger partial charge in [-0.3, -0.25) is 5.32 Å². The van der Waals surface area contributed by atoms with Gasteiger partial charge >= 0.3 is 0 Å². The molecule has 0 amide bonds. The van der Waals surface area contributed by atoms with E-state index in [1.165, 1.54) is 23.6 Å². The molecule has 3 aromatic rings. The molecule has 1 heterocycles. The van der Waals surface area contributed by atoms with Crippen LogP contribution in [0.2, 0.25) is 0 Å². The molecule has 28 heavy (non-hydrogen) atoms. The number of rotatable bonds is 4. The van der Waals surface area contributed by atoms with Crippen molar-refractivity contribution in [3.63, 3.8) is 0 Å². The van der Waals surface area contributed by atoms with Gasteiger partial charge in [-0.15, -0.1) is 5.10 Å². The normalized spacial score (nSPS) is 21.7. The quantitative estimate of drug-likeness (QED) is 0.726. The third-order valence-corrected chi connectivity index (χ3v) is 5.69. The summed E-state index contributed by atoms with van der Waals surface area (Å²) in [4.78, 5) is 0. The Morgan fingerprint density at radius 1 is 1.07 bits per heavy atom. The molecule has 1 aliphatic carbocycles. The van der Waals surface area contributed by atoms with E-state index in [0.717, 1.165) is 24.2 Å². The molecule has 3 unspecified atom stereocenters. The molecule has 6 heteroatoms. The number of hydrogen-bond donors (Lipinski definition) is 2. The second kappa shape index (κ2) is 7.60. The second-order valence-corrected chi connectivity index (χ2v) is 8.88. The number of benzene rings is 2. The Morgan fingerprint density at radius 3 is 2.57 bits per heavy atom. The zero-order chi connectivity index (χ0) is 19.7. The van der Waals surface area contributed by atoms with Crippen LogP contribution in [0, 0.1) is 0 Å². The van der Waals surface area contributed by atoms with Gasteiger partial charge in [0.2, 0.25) is 0 Å². The predicted octanol–water partition coefficient (Wildman–Crippen LogP) is 3.53. The predicted molar refractivity (Wildman–Crippen MR) is 112 cm³/mol. The van der Waals surface area contributed by atoms with Crippen molar-refractivity contribution in [3.8, 4) is 0 Å². The molecular weight excluding hydrogens is 348 g/mol. The van der Waals surface area contributed by atoms with Gasteiger partial charge in [0.05, 0.1) is 11.6 Å². The molecule has 1 aliphatic rings. The van der Waals surface area contributed by atoms with E-state index in [1.54, 1.807) is 0 Å². The Morgan fingerprint density at radius 2 is 1.82 bits per heavy atom. The summed E-state index contributed by atoms with van der Waals surface area (Å²) in [7, 11) is 0. The molecule has 148 valence electrons. The van der Waals surface area contributed by atoms with Crippen molar-refractivity contribution in [3.05, 3.63) is 53.9 Å². The molecule has 3 N–H and O–H groups in total. The van der Waals surface area contributed by atoms with E-state index in [2.05, 4.69) is 84.1 Å². The van der Waals surface area contributed by atoms with Gasteiger partial charge in [0, 0.05) is 12.1 Å². The molecular formula is C22H30N6. The Labute approximate surface area is 166 Å². The minimum absolute atomic E-state index is 0.104. The third kappa shape index (κ3) is 3.80. The molecule has 4 rings (SSSR count). The van der Waals surface area contributed by atoms with Crippen molar-refractivity contribution in [2.24, 2.45) is 5.73 Å². The zero-order valence-corrected chi connectivity index (χ0v) is 17.0. The van der Waals surface area contributed by atoms with Crippen LogP contribution in [0.1, 0.15) is 63.9 Å². The van der Waals surface area contributed by atoms with Crippen molar-refractivity contribution in [2.75, 3.05) is 0 Å². The molecule has 1 aromatic heterocycles. The van der Waals surface area contributed by atoms with Gasteiger partial charge in [0.15, 0.2) is 5.82 Å².